The second kappa shape index (κ2) is 7.25. The first-order valence-electron chi connectivity index (χ1n) is 6.76. The molecule has 0 radical (unpaired) electrons. The summed E-state index contributed by atoms with van der Waals surface area (Å²) in [6, 6.07) is 0. The molecular weight excluding hydrogens is 200 g/mol. The van der Waals surface area contributed by atoms with E-state index in [1.165, 1.54) is 45.2 Å². The summed E-state index contributed by atoms with van der Waals surface area (Å²) in [6.45, 7) is 5.67. The third-order valence-electron chi connectivity index (χ3n) is 3.53. The van der Waals surface area contributed by atoms with Gasteiger partial charge in [-0.25, -0.2) is 0 Å². The van der Waals surface area contributed by atoms with Gasteiger partial charge in [0.15, 0.2) is 0 Å². The van der Waals surface area contributed by atoms with E-state index in [4.69, 9.17) is 10.8 Å². The Bertz CT molecular complexity index is 175. The molecule has 3 nitrogen and oxygen atoms in total. The molecule has 1 fully saturated rings. The highest BCUT2D eigenvalue weighted by Gasteiger charge is 2.17. The lowest BCUT2D eigenvalue weighted by Gasteiger charge is -2.27. The monoisotopic (exact) mass is 228 g/mol. The zero-order valence-electron chi connectivity index (χ0n) is 10.7. The number of aliphatic hydroxyl groups is 1. The number of rotatable bonds is 5. The first kappa shape index (κ1) is 13.9. The van der Waals surface area contributed by atoms with Crippen LogP contribution in [-0.2, 0) is 0 Å². The molecule has 3 N–H and O–H groups in total. The molecular formula is C13H28N2O. The quantitative estimate of drug-likeness (QED) is 0.753. The van der Waals surface area contributed by atoms with Crippen molar-refractivity contribution in [2.24, 2.45) is 5.73 Å². The Labute approximate surface area is 100 Å². The Morgan fingerprint density at radius 1 is 1.12 bits per heavy atom. The van der Waals surface area contributed by atoms with Crippen molar-refractivity contribution in [2.75, 3.05) is 26.2 Å². The largest absolute Gasteiger partial charge is 0.394 e. The predicted molar refractivity (Wildman–Crippen MR) is 68.4 cm³/mol. The van der Waals surface area contributed by atoms with E-state index in [9.17, 15) is 0 Å². The number of aliphatic hydroxyl groups excluding tert-OH is 1. The molecule has 1 aliphatic rings. The van der Waals surface area contributed by atoms with Gasteiger partial charge in [0.25, 0.3) is 0 Å². The van der Waals surface area contributed by atoms with E-state index in [0.29, 0.717) is 0 Å². The molecule has 1 unspecified atom stereocenters. The van der Waals surface area contributed by atoms with E-state index in [-0.39, 0.29) is 12.1 Å². The van der Waals surface area contributed by atoms with E-state index in [2.05, 4.69) is 4.90 Å². The Morgan fingerprint density at radius 3 is 2.25 bits per heavy atom. The van der Waals surface area contributed by atoms with Crippen LogP contribution in [0.15, 0.2) is 0 Å². The van der Waals surface area contributed by atoms with Crippen LogP contribution in [0.1, 0.15) is 51.9 Å². The van der Waals surface area contributed by atoms with Gasteiger partial charge in [-0.3, -0.25) is 0 Å². The van der Waals surface area contributed by atoms with Gasteiger partial charge in [-0.15, -0.1) is 0 Å². The van der Waals surface area contributed by atoms with Crippen LogP contribution in [0, 0.1) is 0 Å². The van der Waals surface area contributed by atoms with Gasteiger partial charge in [-0.1, -0.05) is 19.3 Å². The zero-order valence-corrected chi connectivity index (χ0v) is 10.7. The van der Waals surface area contributed by atoms with Crippen molar-refractivity contribution in [1.29, 1.82) is 0 Å². The maximum absolute atomic E-state index is 9.07. The van der Waals surface area contributed by atoms with Crippen LogP contribution in [0.25, 0.3) is 0 Å². The maximum Gasteiger partial charge on any atom is 0.0608 e. The molecule has 96 valence electrons. The minimum absolute atomic E-state index is 0.0903. The average molecular weight is 228 g/mol. The third kappa shape index (κ3) is 5.83. The fraction of sp³-hybridized carbons (Fsp3) is 1.00. The van der Waals surface area contributed by atoms with Crippen LogP contribution in [0.3, 0.4) is 0 Å². The molecule has 3 heteroatoms. The van der Waals surface area contributed by atoms with Crippen LogP contribution >= 0.6 is 0 Å². The van der Waals surface area contributed by atoms with Crippen molar-refractivity contribution in [3.63, 3.8) is 0 Å². The highest BCUT2D eigenvalue weighted by molar-refractivity contribution is 4.77. The highest BCUT2D eigenvalue weighted by atomic mass is 16.3. The van der Waals surface area contributed by atoms with Gasteiger partial charge in [-0.2, -0.15) is 0 Å². The summed E-state index contributed by atoms with van der Waals surface area (Å²) < 4.78 is 0. The van der Waals surface area contributed by atoms with Crippen LogP contribution in [0.4, 0.5) is 0 Å². The van der Waals surface area contributed by atoms with Crippen molar-refractivity contribution >= 4 is 0 Å². The zero-order chi connectivity index (χ0) is 11.9. The van der Waals surface area contributed by atoms with Crippen LogP contribution in [0.2, 0.25) is 0 Å². The van der Waals surface area contributed by atoms with Gasteiger partial charge in [0.05, 0.1) is 6.61 Å². The number of likely N-dealkylation sites (tertiary alicyclic amines) is 1. The maximum atomic E-state index is 9.07. The van der Waals surface area contributed by atoms with Gasteiger partial charge in [0.2, 0.25) is 0 Å². The first-order chi connectivity index (χ1) is 7.64. The van der Waals surface area contributed by atoms with Gasteiger partial charge >= 0.3 is 0 Å². The van der Waals surface area contributed by atoms with Crippen LogP contribution in [0.5, 0.6) is 0 Å². The SMILES string of the molecule is CC(N)(CO)CCCN1CCCCCCC1. The predicted octanol–water partition coefficient (Wildman–Crippen LogP) is 1.74. The molecule has 1 rings (SSSR count). The smallest absolute Gasteiger partial charge is 0.0608 e. The van der Waals surface area contributed by atoms with E-state index in [0.717, 1.165) is 19.4 Å². The molecule has 0 aromatic carbocycles. The molecule has 1 aliphatic heterocycles. The normalized spacial score (nSPS) is 23.4. The van der Waals surface area contributed by atoms with Gasteiger partial charge < -0.3 is 15.7 Å². The van der Waals surface area contributed by atoms with E-state index >= 15 is 0 Å². The molecule has 0 bridgehead atoms. The minimum atomic E-state index is -0.386. The molecule has 16 heavy (non-hydrogen) atoms. The number of nitrogens with two attached hydrogens (primary N) is 1. The van der Waals surface area contributed by atoms with Gasteiger partial charge in [0.1, 0.15) is 0 Å². The van der Waals surface area contributed by atoms with Gasteiger partial charge in [-0.05, 0) is 52.2 Å². The second-order valence-electron chi connectivity index (χ2n) is 5.53. The summed E-state index contributed by atoms with van der Waals surface area (Å²) in [5.41, 5.74) is 5.53. The van der Waals surface area contributed by atoms with Crippen molar-refractivity contribution in [2.45, 2.75) is 57.4 Å². The summed E-state index contributed by atoms with van der Waals surface area (Å²) in [4.78, 5) is 2.56. The Kier molecular flexibility index (Phi) is 6.32. The molecule has 0 aromatic rings. The van der Waals surface area contributed by atoms with Crippen molar-refractivity contribution in [3.8, 4) is 0 Å². The van der Waals surface area contributed by atoms with Crippen LogP contribution < -0.4 is 5.73 Å². The van der Waals surface area contributed by atoms with E-state index in [1.54, 1.807) is 0 Å². The lowest BCUT2D eigenvalue weighted by atomic mass is 9.98. The number of hydrogen-bond donors (Lipinski definition) is 2. The van der Waals surface area contributed by atoms with Gasteiger partial charge in [0, 0.05) is 5.54 Å². The third-order valence-corrected chi connectivity index (χ3v) is 3.53. The fourth-order valence-corrected chi connectivity index (χ4v) is 2.32. The van der Waals surface area contributed by atoms with E-state index < -0.39 is 0 Å². The minimum Gasteiger partial charge on any atom is -0.394 e. The molecule has 0 aliphatic carbocycles. The van der Waals surface area contributed by atoms with Crippen molar-refractivity contribution < 1.29 is 5.11 Å². The molecule has 1 atom stereocenters. The summed E-state index contributed by atoms with van der Waals surface area (Å²) >= 11 is 0. The number of nitrogens with zero attached hydrogens (tertiary/aromatic N) is 1. The number of hydrogen-bond acceptors (Lipinski definition) is 3. The molecule has 0 saturated carbocycles. The summed E-state index contributed by atoms with van der Waals surface area (Å²) in [5.74, 6) is 0. The molecule has 0 spiro atoms. The summed E-state index contributed by atoms with van der Waals surface area (Å²) in [5, 5.41) is 9.07. The first-order valence-corrected chi connectivity index (χ1v) is 6.76. The van der Waals surface area contributed by atoms with Crippen LogP contribution in [-0.4, -0.2) is 41.8 Å². The Balaban J connectivity index is 2.15. The lowest BCUT2D eigenvalue weighted by molar-refractivity contribution is 0.184. The van der Waals surface area contributed by atoms with Crippen molar-refractivity contribution in [3.05, 3.63) is 0 Å². The molecule has 1 saturated heterocycles. The molecule has 0 aromatic heterocycles. The Morgan fingerprint density at radius 2 is 1.69 bits per heavy atom. The summed E-state index contributed by atoms with van der Waals surface area (Å²) in [6.07, 6.45) is 8.91. The van der Waals surface area contributed by atoms with Crippen molar-refractivity contribution in [1.82, 2.24) is 4.90 Å². The lowest BCUT2D eigenvalue weighted by Crippen LogP contribution is -2.41. The molecule has 1 heterocycles. The standard InChI is InChI=1S/C13H28N2O/c1-13(14,12-16)8-7-11-15-9-5-3-2-4-6-10-15/h16H,2-12,14H2,1H3. The van der Waals surface area contributed by atoms with E-state index in [1.807, 2.05) is 6.92 Å². The highest BCUT2D eigenvalue weighted by Crippen LogP contribution is 2.13. The second-order valence-corrected chi connectivity index (χ2v) is 5.53. The summed E-state index contributed by atoms with van der Waals surface area (Å²) in [7, 11) is 0. The fourth-order valence-electron chi connectivity index (χ4n) is 2.32. The average Bonchev–Trinajstić information content (AvgIpc) is 2.21. The topological polar surface area (TPSA) is 49.5 Å². The molecule has 0 amide bonds. The Hall–Kier alpha value is -0.120.